The zero-order valence-electron chi connectivity index (χ0n) is 9.07. The summed E-state index contributed by atoms with van der Waals surface area (Å²) >= 11 is 0. The van der Waals surface area contributed by atoms with Crippen LogP contribution < -0.4 is 11.5 Å². The summed E-state index contributed by atoms with van der Waals surface area (Å²) < 4.78 is 0. The highest BCUT2D eigenvalue weighted by atomic mass is 16.1. The molecule has 0 saturated carbocycles. The van der Waals surface area contributed by atoms with Crippen molar-refractivity contribution in [3.8, 4) is 0 Å². The maximum absolute atomic E-state index is 11.1. The van der Waals surface area contributed by atoms with Gasteiger partial charge in [-0.05, 0) is 32.2 Å². The van der Waals surface area contributed by atoms with Crippen LogP contribution in [0.5, 0.6) is 0 Å². The molecule has 4 nitrogen and oxygen atoms in total. The third-order valence-electron chi connectivity index (χ3n) is 3.31. The highest BCUT2D eigenvalue weighted by molar-refractivity contribution is 5.79. The van der Waals surface area contributed by atoms with Gasteiger partial charge in [0.1, 0.15) is 0 Å². The van der Waals surface area contributed by atoms with E-state index in [9.17, 15) is 4.79 Å². The van der Waals surface area contributed by atoms with Gasteiger partial charge in [-0.25, -0.2) is 0 Å². The van der Waals surface area contributed by atoms with Crippen molar-refractivity contribution in [2.24, 2.45) is 17.4 Å². The number of piperidine rings is 1. The van der Waals surface area contributed by atoms with Crippen LogP contribution in [0.3, 0.4) is 0 Å². The van der Waals surface area contributed by atoms with Gasteiger partial charge in [0.2, 0.25) is 5.91 Å². The van der Waals surface area contributed by atoms with Crippen LogP contribution in [-0.4, -0.2) is 36.0 Å². The molecule has 0 aromatic carbocycles. The van der Waals surface area contributed by atoms with E-state index in [-0.39, 0.29) is 11.9 Å². The number of nitrogens with zero attached hydrogens (tertiary/aromatic N) is 1. The molecule has 3 atom stereocenters. The Morgan fingerprint density at radius 1 is 1.64 bits per heavy atom. The van der Waals surface area contributed by atoms with Crippen LogP contribution in [0.4, 0.5) is 0 Å². The Labute approximate surface area is 85.6 Å². The first-order valence-electron chi connectivity index (χ1n) is 5.33. The van der Waals surface area contributed by atoms with Gasteiger partial charge in [0.15, 0.2) is 0 Å². The average Bonchev–Trinajstić information content (AvgIpc) is 2.16. The number of nitrogens with two attached hydrogens (primary N) is 2. The lowest BCUT2D eigenvalue weighted by Crippen LogP contribution is -2.55. The molecular formula is C10H21N3O. The Balaban J connectivity index is 2.69. The van der Waals surface area contributed by atoms with Gasteiger partial charge in [0.05, 0.1) is 6.04 Å². The number of rotatable bonds is 3. The summed E-state index contributed by atoms with van der Waals surface area (Å²) in [6.07, 6.45) is 2.33. The molecule has 0 spiro atoms. The first kappa shape index (κ1) is 11.5. The van der Waals surface area contributed by atoms with Crippen molar-refractivity contribution < 1.29 is 4.79 Å². The van der Waals surface area contributed by atoms with Gasteiger partial charge in [-0.1, -0.05) is 6.92 Å². The van der Waals surface area contributed by atoms with Crippen LogP contribution in [0, 0.1) is 5.92 Å². The summed E-state index contributed by atoms with van der Waals surface area (Å²) in [5.74, 6) is 0.313. The molecule has 82 valence electrons. The van der Waals surface area contributed by atoms with Crippen molar-refractivity contribution in [1.29, 1.82) is 0 Å². The summed E-state index contributed by atoms with van der Waals surface area (Å²) in [5, 5.41) is 0. The molecule has 1 saturated heterocycles. The molecule has 3 unspecified atom stereocenters. The lowest BCUT2D eigenvalue weighted by atomic mass is 9.89. The molecule has 1 heterocycles. The third-order valence-corrected chi connectivity index (χ3v) is 3.31. The monoisotopic (exact) mass is 199 g/mol. The molecular weight excluding hydrogens is 178 g/mol. The summed E-state index contributed by atoms with van der Waals surface area (Å²) in [4.78, 5) is 13.3. The molecule has 4 heteroatoms. The maximum atomic E-state index is 11.1. The summed E-state index contributed by atoms with van der Waals surface area (Å²) in [6, 6.07) is 0.123. The van der Waals surface area contributed by atoms with Gasteiger partial charge in [-0.3, -0.25) is 9.69 Å². The molecule has 4 N–H and O–H groups in total. The van der Waals surface area contributed by atoms with E-state index in [1.807, 2.05) is 6.92 Å². The van der Waals surface area contributed by atoms with Gasteiger partial charge in [0.25, 0.3) is 0 Å². The second kappa shape index (κ2) is 4.75. The van der Waals surface area contributed by atoms with Crippen LogP contribution in [0.25, 0.3) is 0 Å². The number of amides is 1. The van der Waals surface area contributed by atoms with Gasteiger partial charge in [-0.2, -0.15) is 0 Å². The molecule has 0 aliphatic carbocycles. The highest BCUT2D eigenvalue weighted by Crippen LogP contribution is 2.24. The minimum Gasteiger partial charge on any atom is -0.368 e. The van der Waals surface area contributed by atoms with Crippen LogP contribution in [-0.2, 0) is 4.79 Å². The highest BCUT2D eigenvalue weighted by Gasteiger charge is 2.32. The fraction of sp³-hybridized carbons (Fsp3) is 0.900. The SMILES string of the molecule is CC1CCCN(C(C)C(N)=O)C1CN. The van der Waals surface area contributed by atoms with Crippen molar-refractivity contribution in [2.45, 2.75) is 38.8 Å². The molecule has 0 bridgehead atoms. The van der Waals surface area contributed by atoms with Crippen LogP contribution in [0.1, 0.15) is 26.7 Å². The summed E-state index contributed by atoms with van der Waals surface area (Å²) in [6.45, 7) is 5.61. The van der Waals surface area contributed by atoms with E-state index in [2.05, 4.69) is 11.8 Å². The van der Waals surface area contributed by atoms with Gasteiger partial charge in [-0.15, -0.1) is 0 Å². The second-order valence-corrected chi connectivity index (χ2v) is 4.24. The Kier molecular flexibility index (Phi) is 3.89. The van der Waals surface area contributed by atoms with Crippen molar-refractivity contribution in [3.63, 3.8) is 0 Å². The molecule has 14 heavy (non-hydrogen) atoms. The van der Waals surface area contributed by atoms with E-state index >= 15 is 0 Å². The van der Waals surface area contributed by atoms with E-state index in [0.717, 1.165) is 13.0 Å². The zero-order valence-corrected chi connectivity index (χ0v) is 9.07. The smallest absolute Gasteiger partial charge is 0.234 e. The number of carbonyl (C=O) groups is 1. The Hall–Kier alpha value is -0.610. The van der Waals surface area contributed by atoms with Gasteiger partial charge >= 0.3 is 0 Å². The van der Waals surface area contributed by atoms with Gasteiger partial charge < -0.3 is 11.5 Å². The Morgan fingerprint density at radius 2 is 2.29 bits per heavy atom. The second-order valence-electron chi connectivity index (χ2n) is 4.24. The fourth-order valence-electron chi connectivity index (χ4n) is 2.29. The maximum Gasteiger partial charge on any atom is 0.234 e. The van der Waals surface area contributed by atoms with Gasteiger partial charge in [0, 0.05) is 12.6 Å². The topological polar surface area (TPSA) is 72.3 Å². The fourth-order valence-corrected chi connectivity index (χ4v) is 2.29. The summed E-state index contributed by atoms with van der Waals surface area (Å²) in [5.41, 5.74) is 11.0. The predicted molar refractivity (Wildman–Crippen MR) is 56.6 cm³/mol. The standard InChI is InChI=1S/C10H21N3O/c1-7-4-3-5-13(9(7)6-11)8(2)10(12)14/h7-9H,3-6,11H2,1-2H3,(H2,12,14). The lowest BCUT2D eigenvalue weighted by Gasteiger charge is -2.41. The zero-order chi connectivity index (χ0) is 10.7. The van der Waals surface area contributed by atoms with Crippen molar-refractivity contribution in [3.05, 3.63) is 0 Å². The number of carbonyl (C=O) groups excluding carboxylic acids is 1. The number of hydrogen-bond acceptors (Lipinski definition) is 3. The normalized spacial score (nSPS) is 31.4. The van der Waals surface area contributed by atoms with Crippen molar-refractivity contribution in [2.75, 3.05) is 13.1 Å². The van der Waals surface area contributed by atoms with E-state index in [0.29, 0.717) is 18.5 Å². The van der Waals surface area contributed by atoms with E-state index in [1.165, 1.54) is 6.42 Å². The van der Waals surface area contributed by atoms with E-state index in [1.54, 1.807) is 0 Å². The summed E-state index contributed by atoms with van der Waals surface area (Å²) in [7, 11) is 0. The van der Waals surface area contributed by atoms with E-state index < -0.39 is 0 Å². The largest absolute Gasteiger partial charge is 0.368 e. The molecule has 0 aromatic rings. The predicted octanol–water partition coefficient (Wildman–Crippen LogP) is -0.0806. The number of primary amides is 1. The quantitative estimate of drug-likeness (QED) is 0.667. The third kappa shape index (κ3) is 2.25. The van der Waals surface area contributed by atoms with E-state index in [4.69, 9.17) is 11.5 Å². The molecule has 0 aromatic heterocycles. The van der Waals surface area contributed by atoms with Crippen molar-refractivity contribution >= 4 is 5.91 Å². The molecule has 0 radical (unpaired) electrons. The number of hydrogen-bond donors (Lipinski definition) is 2. The van der Waals surface area contributed by atoms with Crippen LogP contribution >= 0.6 is 0 Å². The molecule has 1 amide bonds. The Morgan fingerprint density at radius 3 is 2.79 bits per heavy atom. The molecule has 1 aliphatic rings. The number of likely N-dealkylation sites (tertiary alicyclic amines) is 1. The van der Waals surface area contributed by atoms with Crippen LogP contribution in [0.15, 0.2) is 0 Å². The molecule has 1 rings (SSSR count). The molecule has 1 aliphatic heterocycles. The van der Waals surface area contributed by atoms with Crippen LogP contribution in [0.2, 0.25) is 0 Å². The first-order valence-corrected chi connectivity index (χ1v) is 5.33. The van der Waals surface area contributed by atoms with Crippen molar-refractivity contribution in [1.82, 2.24) is 4.90 Å². The Bertz CT molecular complexity index is 208. The minimum atomic E-state index is -0.252. The minimum absolute atomic E-state index is 0.189. The first-order chi connectivity index (χ1) is 6.57. The lowest BCUT2D eigenvalue weighted by molar-refractivity contribution is -0.124. The average molecular weight is 199 g/mol. The molecule has 1 fully saturated rings.